The molecule has 112 valence electrons. The molecule has 1 atom stereocenters. The van der Waals surface area contributed by atoms with Crippen LogP contribution in [0.3, 0.4) is 0 Å². The number of halogens is 1. The molecule has 0 bridgehead atoms. The van der Waals surface area contributed by atoms with Crippen molar-refractivity contribution in [2.45, 2.75) is 58.5 Å². The SMILES string of the molecule is CCCC(CCCl)CNC(=O)CC1CC(OCC)C1. The topological polar surface area (TPSA) is 38.3 Å². The van der Waals surface area contributed by atoms with Crippen LogP contribution in [0.25, 0.3) is 0 Å². The Balaban J connectivity index is 2.10. The Labute approximate surface area is 122 Å². The molecule has 0 heterocycles. The van der Waals surface area contributed by atoms with E-state index >= 15 is 0 Å². The minimum absolute atomic E-state index is 0.190. The number of alkyl halides is 1. The summed E-state index contributed by atoms with van der Waals surface area (Å²) < 4.78 is 5.51. The fourth-order valence-corrected chi connectivity index (χ4v) is 3.03. The molecule has 1 aliphatic carbocycles. The number of ether oxygens (including phenoxy) is 1. The normalized spacial score (nSPS) is 23.7. The summed E-state index contributed by atoms with van der Waals surface area (Å²) in [5.74, 6) is 1.92. The van der Waals surface area contributed by atoms with Crippen LogP contribution < -0.4 is 5.32 Å². The summed E-state index contributed by atoms with van der Waals surface area (Å²) in [6, 6.07) is 0. The zero-order valence-electron chi connectivity index (χ0n) is 12.3. The van der Waals surface area contributed by atoms with Gasteiger partial charge in [-0.2, -0.15) is 0 Å². The number of hydrogen-bond donors (Lipinski definition) is 1. The highest BCUT2D eigenvalue weighted by molar-refractivity contribution is 6.17. The summed E-state index contributed by atoms with van der Waals surface area (Å²) in [5, 5.41) is 3.06. The van der Waals surface area contributed by atoms with Crippen LogP contribution >= 0.6 is 11.6 Å². The molecular formula is C15H28ClNO2. The van der Waals surface area contributed by atoms with Crippen LogP contribution in [-0.2, 0) is 9.53 Å². The lowest BCUT2D eigenvalue weighted by Gasteiger charge is -2.34. The third kappa shape index (κ3) is 6.62. The van der Waals surface area contributed by atoms with Gasteiger partial charge in [0.25, 0.3) is 0 Å². The van der Waals surface area contributed by atoms with E-state index in [1.807, 2.05) is 6.92 Å². The Morgan fingerprint density at radius 1 is 1.37 bits per heavy atom. The van der Waals surface area contributed by atoms with E-state index in [-0.39, 0.29) is 5.91 Å². The highest BCUT2D eigenvalue weighted by Gasteiger charge is 2.30. The third-order valence-electron chi connectivity index (χ3n) is 3.87. The minimum atomic E-state index is 0.190. The Morgan fingerprint density at radius 3 is 2.68 bits per heavy atom. The standard InChI is InChI=1S/C15H28ClNO2/c1-3-5-12(6-7-16)11-17-15(18)10-13-8-14(9-13)19-4-2/h12-14H,3-11H2,1-2H3,(H,17,18). The lowest BCUT2D eigenvalue weighted by atomic mass is 9.80. The molecule has 0 saturated heterocycles. The molecule has 1 fully saturated rings. The van der Waals surface area contributed by atoms with Gasteiger partial charge in [-0.1, -0.05) is 13.3 Å². The van der Waals surface area contributed by atoms with E-state index in [2.05, 4.69) is 12.2 Å². The van der Waals surface area contributed by atoms with Gasteiger partial charge in [0, 0.05) is 25.5 Å². The zero-order valence-corrected chi connectivity index (χ0v) is 13.0. The second kappa shape index (κ2) is 9.60. The first-order valence-electron chi connectivity index (χ1n) is 7.63. The molecule has 3 nitrogen and oxygen atoms in total. The first-order chi connectivity index (χ1) is 9.19. The molecule has 1 rings (SSSR count). The quantitative estimate of drug-likeness (QED) is 0.626. The number of carbonyl (C=O) groups excluding carboxylic acids is 1. The summed E-state index contributed by atoms with van der Waals surface area (Å²) in [4.78, 5) is 11.8. The van der Waals surface area contributed by atoms with Crippen LogP contribution in [0.4, 0.5) is 0 Å². The van der Waals surface area contributed by atoms with Crippen LogP contribution in [0.2, 0.25) is 0 Å². The van der Waals surface area contributed by atoms with E-state index in [0.717, 1.165) is 45.3 Å². The highest BCUT2D eigenvalue weighted by Crippen LogP contribution is 2.32. The van der Waals surface area contributed by atoms with Gasteiger partial charge in [0.15, 0.2) is 0 Å². The summed E-state index contributed by atoms with van der Waals surface area (Å²) in [6.45, 7) is 5.75. The molecule has 1 unspecified atom stereocenters. The Kier molecular flexibility index (Phi) is 8.47. The van der Waals surface area contributed by atoms with E-state index in [4.69, 9.17) is 16.3 Å². The lowest BCUT2D eigenvalue weighted by Crippen LogP contribution is -2.37. The lowest BCUT2D eigenvalue weighted by molar-refractivity contribution is -0.124. The van der Waals surface area contributed by atoms with Crippen molar-refractivity contribution in [1.82, 2.24) is 5.32 Å². The summed E-state index contributed by atoms with van der Waals surface area (Å²) in [7, 11) is 0. The summed E-state index contributed by atoms with van der Waals surface area (Å²) >= 11 is 5.78. The van der Waals surface area contributed by atoms with E-state index in [1.54, 1.807) is 0 Å². The smallest absolute Gasteiger partial charge is 0.220 e. The fourth-order valence-electron chi connectivity index (χ4n) is 2.72. The maximum atomic E-state index is 11.8. The largest absolute Gasteiger partial charge is 0.378 e. The van der Waals surface area contributed by atoms with Crippen LogP contribution in [0.15, 0.2) is 0 Å². The molecule has 1 amide bonds. The average Bonchev–Trinajstić information content (AvgIpc) is 2.34. The second-order valence-electron chi connectivity index (χ2n) is 5.56. The van der Waals surface area contributed by atoms with Crippen molar-refractivity contribution in [2.24, 2.45) is 11.8 Å². The summed E-state index contributed by atoms with van der Waals surface area (Å²) in [5.41, 5.74) is 0. The predicted molar refractivity (Wildman–Crippen MR) is 79.5 cm³/mol. The molecule has 0 aliphatic heterocycles. The van der Waals surface area contributed by atoms with E-state index in [0.29, 0.717) is 30.2 Å². The maximum Gasteiger partial charge on any atom is 0.220 e. The van der Waals surface area contributed by atoms with Gasteiger partial charge in [0.2, 0.25) is 5.91 Å². The van der Waals surface area contributed by atoms with Gasteiger partial charge in [-0.25, -0.2) is 0 Å². The van der Waals surface area contributed by atoms with Gasteiger partial charge in [-0.3, -0.25) is 4.79 Å². The second-order valence-corrected chi connectivity index (χ2v) is 5.93. The molecule has 0 aromatic rings. The number of carbonyl (C=O) groups is 1. The summed E-state index contributed by atoms with van der Waals surface area (Å²) in [6.07, 6.45) is 6.42. The van der Waals surface area contributed by atoms with Crippen LogP contribution in [-0.4, -0.2) is 31.0 Å². The van der Waals surface area contributed by atoms with Crippen molar-refractivity contribution in [1.29, 1.82) is 0 Å². The first kappa shape index (κ1) is 16.8. The Morgan fingerprint density at radius 2 is 2.11 bits per heavy atom. The number of hydrogen-bond acceptors (Lipinski definition) is 2. The van der Waals surface area contributed by atoms with Crippen molar-refractivity contribution < 1.29 is 9.53 Å². The third-order valence-corrected chi connectivity index (χ3v) is 4.09. The van der Waals surface area contributed by atoms with Crippen LogP contribution in [0.5, 0.6) is 0 Å². The molecular weight excluding hydrogens is 262 g/mol. The molecule has 0 aromatic heterocycles. The molecule has 0 aromatic carbocycles. The van der Waals surface area contributed by atoms with Gasteiger partial charge in [0.05, 0.1) is 6.10 Å². The number of amides is 1. The molecule has 1 saturated carbocycles. The number of rotatable bonds is 10. The van der Waals surface area contributed by atoms with Crippen molar-refractivity contribution in [2.75, 3.05) is 19.0 Å². The highest BCUT2D eigenvalue weighted by atomic mass is 35.5. The zero-order chi connectivity index (χ0) is 14.1. The molecule has 0 spiro atoms. The van der Waals surface area contributed by atoms with Gasteiger partial charge in [0.1, 0.15) is 0 Å². The Hall–Kier alpha value is -0.280. The van der Waals surface area contributed by atoms with Gasteiger partial charge >= 0.3 is 0 Å². The molecule has 4 heteroatoms. The van der Waals surface area contributed by atoms with Gasteiger partial charge in [-0.05, 0) is 44.4 Å². The average molecular weight is 290 g/mol. The molecule has 0 radical (unpaired) electrons. The van der Waals surface area contributed by atoms with Crippen LogP contribution in [0.1, 0.15) is 52.4 Å². The van der Waals surface area contributed by atoms with E-state index in [9.17, 15) is 4.79 Å². The van der Waals surface area contributed by atoms with Crippen molar-refractivity contribution in [3.8, 4) is 0 Å². The monoisotopic (exact) mass is 289 g/mol. The van der Waals surface area contributed by atoms with Crippen molar-refractivity contribution in [3.63, 3.8) is 0 Å². The van der Waals surface area contributed by atoms with Crippen LogP contribution in [0, 0.1) is 11.8 Å². The van der Waals surface area contributed by atoms with Crippen molar-refractivity contribution >= 4 is 17.5 Å². The first-order valence-corrected chi connectivity index (χ1v) is 8.17. The Bertz CT molecular complexity index is 249. The van der Waals surface area contributed by atoms with Gasteiger partial charge < -0.3 is 10.1 Å². The molecule has 19 heavy (non-hydrogen) atoms. The van der Waals surface area contributed by atoms with E-state index < -0.39 is 0 Å². The molecule has 1 aliphatic rings. The van der Waals surface area contributed by atoms with Crippen molar-refractivity contribution in [3.05, 3.63) is 0 Å². The van der Waals surface area contributed by atoms with E-state index in [1.165, 1.54) is 0 Å². The maximum absolute atomic E-state index is 11.8. The number of nitrogens with one attached hydrogen (secondary N) is 1. The molecule has 1 N–H and O–H groups in total. The fraction of sp³-hybridized carbons (Fsp3) is 0.933. The predicted octanol–water partition coefficient (Wildman–Crippen LogP) is 3.35. The minimum Gasteiger partial charge on any atom is -0.378 e. The van der Waals surface area contributed by atoms with Gasteiger partial charge in [-0.15, -0.1) is 11.6 Å².